The molecule has 0 unspecified atom stereocenters. The Balaban J connectivity index is 2.14. The third-order valence-corrected chi connectivity index (χ3v) is 2.71. The van der Waals surface area contributed by atoms with Crippen molar-refractivity contribution < 1.29 is 0 Å². The predicted molar refractivity (Wildman–Crippen MR) is 71.9 cm³/mol. The van der Waals surface area contributed by atoms with E-state index in [-0.39, 0.29) is 5.95 Å². The first kappa shape index (κ1) is 11.3. The quantitative estimate of drug-likeness (QED) is 0.747. The Kier molecular flexibility index (Phi) is 2.68. The van der Waals surface area contributed by atoms with Crippen molar-refractivity contribution in [2.75, 3.05) is 5.73 Å². The summed E-state index contributed by atoms with van der Waals surface area (Å²) in [4.78, 5) is 16.9. The highest BCUT2D eigenvalue weighted by Gasteiger charge is 2.11. The van der Waals surface area contributed by atoms with Crippen molar-refractivity contribution in [1.29, 1.82) is 0 Å². The lowest BCUT2D eigenvalue weighted by Gasteiger charge is -2.04. The van der Waals surface area contributed by atoms with Gasteiger partial charge in [-0.2, -0.15) is 9.97 Å². The van der Waals surface area contributed by atoms with Crippen LogP contribution in [0.3, 0.4) is 0 Å². The number of nitrogens with zero attached hydrogens (tertiary/aromatic N) is 5. The number of nitrogen functional groups attached to an aromatic ring is 1. The Morgan fingerprint density at radius 1 is 1.00 bits per heavy atom. The molecule has 1 aromatic carbocycles. The third-order valence-electron chi connectivity index (χ3n) is 2.71. The first-order valence-corrected chi connectivity index (χ1v) is 5.79. The topological polar surface area (TPSA) is 82.5 Å². The van der Waals surface area contributed by atoms with Gasteiger partial charge in [0.05, 0.1) is 0 Å². The number of aryl methyl sites for hydroxylation is 1. The Hall–Kier alpha value is -2.76. The van der Waals surface area contributed by atoms with Gasteiger partial charge in [0, 0.05) is 25.0 Å². The highest BCUT2D eigenvalue weighted by molar-refractivity contribution is 5.59. The van der Waals surface area contributed by atoms with Crippen LogP contribution in [0.15, 0.2) is 42.7 Å². The molecule has 0 bridgehead atoms. The van der Waals surface area contributed by atoms with Gasteiger partial charge in [-0.05, 0) is 0 Å². The summed E-state index contributed by atoms with van der Waals surface area (Å²) in [7, 11) is 1.88. The average Bonchev–Trinajstić information content (AvgIpc) is 2.85. The number of imidazole rings is 1. The van der Waals surface area contributed by atoms with Crippen molar-refractivity contribution in [3.63, 3.8) is 0 Å². The van der Waals surface area contributed by atoms with Crippen LogP contribution < -0.4 is 5.73 Å². The van der Waals surface area contributed by atoms with Crippen LogP contribution in [0.25, 0.3) is 23.0 Å². The average molecular weight is 252 g/mol. The Morgan fingerprint density at radius 2 is 1.74 bits per heavy atom. The SMILES string of the molecule is Cn1ccnc1-c1nc(N)nc(-c2ccccc2)n1. The summed E-state index contributed by atoms with van der Waals surface area (Å²) in [6, 6.07) is 9.65. The minimum atomic E-state index is 0.187. The zero-order chi connectivity index (χ0) is 13.2. The number of aromatic nitrogens is 5. The Labute approximate surface area is 110 Å². The van der Waals surface area contributed by atoms with E-state index in [2.05, 4.69) is 19.9 Å². The summed E-state index contributed by atoms with van der Waals surface area (Å²) in [5.74, 6) is 1.86. The summed E-state index contributed by atoms with van der Waals surface area (Å²) in [6.45, 7) is 0. The van der Waals surface area contributed by atoms with Crippen LogP contribution in [-0.4, -0.2) is 24.5 Å². The smallest absolute Gasteiger partial charge is 0.224 e. The highest BCUT2D eigenvalue weighted by atomic mass is 15.1. The largest absolute Gasteiger partial charge is 0.368 e. The fourth-order valence-electron chi connectivity index (χ4n) is 1.79. The molecular formula is C13H12N6. The molecule has 0 saturated carbocycles. The standard InChI is InChI=1S/C13H12N6/c1-19-8-7-15-12(19)11-16-10(17-13(14)18-11)9-5-3-2-4-6-9/h2-8H,1H3,(H2,14,16,17,18). The normalized spacial score (nSPS) is 10.6. The summed E-state index contributed by atoms with van der Waals surface area (Å²) in [5.41, 5.74) is 6.65. The molecule has 0 saturated heterocycles. The van der Waals surface area contributed by atoms with E-state index in [1.165, 1.54) is 0 Å². The maximum Gasteiger partial charge on any atom is 0.224 e. The Bertz CT molecular complexity index is 704. The van der Waals surface area contributed by atoms with E-state index >= 15 is 0 Å². The second-order valence-corrected chi connectivity index (χ2v) is 4.07. The van der Waals surface area contributed by atoms with Gasteiger partial charge in [0.1, 0.15) is 0 Å². The van der Waals surface area contributed by atoms with E-state index in [0.29, 0.717) is 17.5 Å². The van der Waals surface area contributed by atoms with Gasteiger partial charge in [-0.1, -0.05) is 30.3 Å². The van der Waals surface area contributed by atoms with Crippen molar-refractivity contribution in [2.24, 2.45) is 7.05 Å². The lowest BCUT2D eigenvalue weighted by molar-refractivity contribution is 0.902. The van der Waals surface area contributed by atoms with E-state index in [0.717, 1.165) is 5.56 Å². The molecule has 0 aliphatic carbocycles. The zero-order valence-electron chi connectivity index (χ0n) is 10.4. The lowest BCUT2D eigenvalue weighted by atomic mass is 10.2. The molecule has 0 fully saturated rings. The van der Waals surface area contributed by atoms with Gasteiger partial charge in [-0.25, -0.2) is 9.97 Å². The molecule has 0 atom stereocenters. The van der Waals surface area contributed by atoms with Crippen molar-refractivity contribution in [3.8, 4) is 23.0 Å². The third kappa shape index (κ3) is 2.15. The monoisotopic (exact) mass is 252 g/mol. The molecule has 3 rings (SSSR count). The number of nitrogens with two attached hydrogens (primary N) is 1. The minimum absolute atomic E-state index is 0.187. The molecule has 19 heavy (non-hydrogen) atoms. The number of anilines is 1. The van der Waals surface area contributed by atoms with Gasteiger partial charge in [-0.15, -0.1) is 0 Å². The van der Waals surface area contributed by atoms with Crippen molar-refractivity contribution >= 4 is 5.95 Å². The van der Waals surface area contributed by atoms with Crippen molar-refractivity contribution in [1.82, 2.24) is 24.5 Å². The highest BCUT2D eigenvalue weighted by Crippen LogP contribution is 2.19. The molecule has 6 heteroatoms. The van der Waals surface area contributed by atoms with Gasteiger partial charge >= 0.3 is 0 Å². The lowest BCUT2D eigenvalue weighted by Crippen LogP contribution is -2.04. The predicted octanol–water partition coefficient (Wildman–Crippen LogP) is 1.52. The molecule has 2 heterocycles. The summed E-state index contributed by atoms with van der Waals surface area (Å²) in [6.07, 6.45) is 3.52. The van der Waals surface area contributed by atoms with Gasteiger partial charge < -0.3 is 10.3 Å². The van der Waals surface area contributed by atoms with E-state index in [1.54, 1.807) is 6.20 Å². The fourth-order valence-corrected chi connectivity index (χ4v) is 1.79. The molecule has 3 aromatic rings. The van der Waals surface area contributed by atoms with Crippen LogP contribution in [0.1, 0.15) is 0 Å². The molecule has 0 amide bonds. The number of hydrogen-bond acceptors (Lipinski definition) is 5. The maximum atomic E-state index is 5.75. The van der Waals surface area contributed by atoms with E-state index in [4.69, 9.17) is 5.73 Å². The molecule has 0 spiro atoms. The Morgan fingerprint density at radius 3 is 2.42 bits per heavy atom. The summed E-state index contributed by atoms with van der Waals surface area (Å²) >= 11 is 0. The van der Waals surface area contributed by atoms with Crippen LogP contribution in [-0.2, 0) is 7.05 Å². The van der Waals surface area contributed by atoms with E-state index in [1.807, 2.05) is 48.1 Å². The van der Waals surface area contributed by atoms with Gasteiger partial charge in [-0.3, -0.25) is 0 Å². The van der Waals surface area contributed by atoms with E-state index in [9.17, 15) is 0 Å². The molecule has 94 valence electrons. The maximum absolute atomic E-state index is 5.75. The van der Waals surface area contributed by atoms with Crippen LogP contribution in [0.4, 0.5) is 5.95 Å². The number of hydrogen-bond donors (Lipinski definition) is 1. The molecule has 0 radical (unpaired) electrons. The summed E-state index contributed by atoms with van der Waals surface area (Å²) in [5, 5.41) is 0. The molecule has 0 aliphatic heterocycles. The van der Waals surface area contributed by atoms with Crippen molar-refractivity contribution in [2.45, 2.75) is 0 Å². The summed E-state index contributed by atoms with van der Waals surface area (Å²) < 4.78 is 1.84. The van der Waals surface area contributed by atoms with Crippen LogP contribution in [0.2, 0.25) is 0 Å². The van der Waals surface area contributed by atoms with Crippen LogP contribution in [0, 0.1) is 0 Å². The number of rotatable bonds is 2. The van der Waals surface area contributed by atoms with Crippen LogP contribution in [0.5, 0.6) is 0 Å². The number of benzene rings is 1. The molecule has 2 N–H and O–H groups in total. The van der Waals surface area contributed by atoms with Crippen LogP contribution >= 0.6 is 0 Å². The molecular weight excluding hydrogens is 240 g/mol. The van der Waals surface area contributed by atoms with Gasteiger partial charge in [0.2, 0.25) is 11.8 Å². The van der Waals surface area contributed by atoms with Gasteiger partial charge in [0.15, 0.2) is 11.6 Å². The van der Waals surface area contributed by atoms with Crippen molar-refractivity contribution in [3.05, 3.63) is 42.7 Å². The first-order chi connectivity index (χ1) is 9.24. The second kappa shape index (κ2) is 4.49. The zero-order valence-corrected chi connectivity index (χ0v) is 10.4. The first-order valence-electron chi connectivity index (χ1n) is 5.79. The molecule has 6 nitrogen and oxygen atoms in total. The fraction of sp³-hybridized carbons (Fsp3) is 0.0769. The minimum Gasteiger partial charge on any atom is -0.368 e. The van der Waals surface area contributed by atoms with Gasteiger partial charge in [0.25, 0.3) is 0 Å². The van der Waals surface area contributed by atoms with E-state index < -0.39 is 0 Å². The second-order valence-electron chi connectivity index (χ2n) is 4.07. The molecule has 0 aliphatic rings. The molecule has 2 aromatic heterocycles.